The first-order valence-electron chi connectivity index (χ1n) is 5.95. The third-order valence-electron chi connectivity index (χ3n) is 2.93. The van der Waals surface area contributed by atoms with Crippen molar-refractivity contribution in [1.82, 2.24) is 4.90 Å². The molecule has 0 unspecified atom stereocenters. The number of benzene rings is 1. The Morgan fingerprint density at radius 2 is 2.00 bits per heavy atom. The normalized spacial score (nSPS) is 14.4. The molecular formula is C13H16N2O3. The number of hydrogen-bond acceptors (Lipinski definition) is 3. The molecule has 0 atom stereocenters. The summed E-state index contributed by atoms with van der Waals surface area (Å²) in [6.07, 6.45) is 2.10. The van der Waals surface area contributed by atoms with Crippen molar-refractivity contribution in [2.24, 2.45) is 0 Å². The van der Waals surface area contributed by atoms with Crippen molar-refractivity contribution in [3.63, 3.8) is 0 Å². The zero-order chi connectivity index (χ0) is 13.0. The zero-order valence-electron chi connectivity index (χ0n) is 10.3. The molecular weight excluding hydrogens is 232 g/mol. The highest BCUT2D eigenvalue weighted by Gasteiger charge is 2.18. The van der Waals surface area contributed by atoms with Gasteiger partial charge in [0.1, 0.15) is 0 Å². The molecule has 0 radical (unpaired) electrons. The molecule has 1 N–H and O–H groups in total. The number of amides is 2. The number of carbonyl (C=O) groups excluding carboxylic acids is 2. The Balaban J connectivity index is 2.04. The lowest BCUT2D eigenvalue weighted by Gasteiger charge is -2.16. The topological polar surface area (TPSA) is 58.6 Å². The van der Waals surface area contributed by atoms with Crippen LogP contribution in [0, 0.1) is 0 Å². The molecule has 0 saturated carbocycles. The Morgan fingerprint density at radius 3 is 2.67 bits per heavy atom. The van der Waals surface area contributed by atoms with Gasteiger partial charge >= 0.3 is 12.0 Å². The van der Waals surface area contributed by atoms with Crippen LogP contribution in [0.2, 0.25) is 0 Å². The van der Waals surface area contributed by atoms with Crippen LogP contribution in [-0.2, 0) is 4.74 Å². The smallest absolute Gasteiger partial charge is 0.337 e. The van der Waals surface area contributed by atoms with E-state index in [-0.39, 0.29) is 6.03 Å². The van der Waals surface area contributed by atoms with Crippen LogP contribution in [-0.4, -0.2) is 37.1 Å². The van der Waals surface area contributed by atoms with Gasteiger partial charge in [0.25, 0.3) is 0 Å². The van der Waals surface area contributed by atoms with Crippen LogP contribution in [0.1, 0.15) is 23.2 Å². The molecule has 5 heteroatoms. The van der Waals surface area contributed by atoms with E-state index in [4.69, 9.17) is 0 Å². The minimum atomic E-state index is -0.410. The van der Waals surface area contributed by atoms with Crippen LogP contribution in [0.25, 0.3) is 0 Å². The molecule has 1 aromatic rings. The van der Waals surface area contributed by atoms with Gasteiger partial charge in [-0.3, -0.25) is 0 Å². The maximum Gasteiger partial charge on any atom is 0.337 e. The monoisotopic (exact) mass is 248 g/mol. The lowest BCUT2D eigenvalue weighted by molar-refractivity contribution is 0.0600. The van der Waals surface area contributed by atoms with E-state index in [0.29, 0.717) is 11.3 Å². The first-order chi connectivity index (χ1) is 8.70. The van der Waals surface area contributed by atoms with Crippen molar-refractivity contribution in [2.75, 3.05) is 25.5 Å². The van der Waals surface area contributed by atoms with Crippen LogP contribution in [0.4, 0.5) is 10.5 Å². The highest BCUT2D eigenvalue weighted by Crippen LogP contribution is 2.14. The van der Waals surface area contributed by atoms with Crippen LogP contribution in [0.15, 0.2) is 24.3 Å². The van der Waals surface area contributed by atoms with E-state index in [1.54, 1.807) is 29.2 Å². The largest absolute Gasteiger partial charge is 0.465 e. The van der Waals surface area contributed by atoms with Gasteiger partial charge in [0.2, 0.25) is 0 Å². The summed E-state index contributed by atoms with van der Waals surface area (Å²) in [6.45, 7) is 1.59. The Morgan fingerprint density at radius 1 is 1.28 bits per heavy atom. The summed E-state index contributed by atoms with van der Waals surface area (Å²) in [6, 6.07) is 6.61. The predicted octanol–water partition coefficient (Wildman–Crippen LogP) is 2.10. The van der Waals surface area contributed by atoms with Crippen molar-refractivity contribution < 1.29 is 14.3 Å². The molecule has 1 fully saturated rings. The van der Waals surface area contributed by atoms with E-state index in [1.165, 1.54) is 7.11 Å². The molecule has 0 aromatic heterocycles. The lowest BCUT2D eigenvalue weighted by atomic mass is 10.2. The third-order valence-corrected chi connectivity index (χ3v) is 2.93. The lowest BCUT2D eigenvalue weighted by Crippen LogP contribution is -2.32. The Kier molecular flexibility index (Phi) is 3.82. The van der Waals surface area contributed by atoms with E-state index in [9.17, 15) is 9.59 Å². The van der Waals surface area contributed by atoms with Gasteiger partial charge in [-0.15, -0.1) is 0 Å². The summed E-state index contributed by atoms with van der Waals surface area (Å²) in [5, 5.41) is 2.78. The Hall–Kier alpha value is -2.04. The van der Waals surface area contributed by atoms with Crippen LogP contribution in [0.5, 0.6) is 0 Å². The molecule has 0 spiro atoms. The number of hydrogen-bond donors (Lipinski definition) is 1. The third kappa shape index (κ3) is 2.80. The summed E-state index contributed by atoms with van der Waals surface area (Å²) in [5.41, 5.74) is 1.03. The predicted molar refractivity (Wildman–Crippen MR) is 67.6 cm³/mol. The Labute approximate surface area is 106 Å². The number of methoxy groups -OCH3 is 1. The molecule has 96 valence electrons. The van der Waals surface area contributed by atoms with Gasteiger partial charge in [-0.25, -0.2) is 9.59 Å². The second-order valence-electron chi connectivity index (χ2n) is 4.20. The van der Waals surface area contributed by atoms with E-state index >= 15 is 0 Å². The number of nitrogens with zero attached hydrogens (tertiary/aromatic N) is 1. The molecule has 1 saturated heterocycles. The summed E-state index contributed by atoms with van der Waals surface area (Å²) in [4.78, 5) is 25.0. The maximum atomic E-state index is 11.9. The molecule has 5 nitrogen and oxygen atoms in total. The molecule has 2 amide bonds. The molecule has 0 bridgehead atoms. The zero-order valence-corrected chi connectivity index (χ0v) is 10.3. The summed E-state index contributed by atoms with van der Waals surface area (Å²) < 4.78 is 4.63. The number of rotatable bonds is 2. The number of likely N-dealkylation sites (tertiary alicyclic amines) is 1. The van der Waals surface area contributed by atoms with Crippen LogP contribution < -0.4 is 5.32 Å². The van der Waals surface area contributed by atoms with Crippen molar-refractivity contribution in [2.45, 2.75) is 12.8 Å². The molecule has 18 heavy (non-hydrogen) atoms. The van der Waals surface area contributed by atoms with Gasteiger partial charge in [0, 0.05) is 18.8 Å². The number of carbonyl (C=O) groups is 2. The van der Waals surface area contributed by atoms with Gasteiger partial charge in [-0.1, -0.05) is 6.07 Å². The first-order valence-corrected chi connectivity index (χ1v) is 5.95. The van der Waals surface area contributed by atoms with Crippen LogP contribution in [0.3, 0.4) is 0 Å². The van der Waals surface area contributed by atoms with Crippen molar-refractivity contribution >= 4 is 17.7 Å². The molecule has 1 heterocycles. The minimum Gasteiger partial charge on any atom is -0.465 e. The van der Waals surface area contributed by atoms with E-state index in [0.717, 1.165) is 25.9 Å². The minimum absolute atomic E-state index is 0.116. The average molecular weight is 248 g/mol. The van der Waals surface area contributed by atoms with Gasteiger partial charge in [0.15, 0.2) is 0 Å². The molecule has 1 aliphatic heterocycles. The molecule has 1 aliphatic rings. The summed E-state index contributed by atoms with van der Waals surface area (Å²) in [7, 11) is 1.33. The van der Waals surface area contributed by atoms with Crippen LogP contribution >= 0.6 is 0 Å². The molecule has 1 aromatic carbocycles. The Bertz CT molecular complexity index is 453. The van der Waals surface area contributed by atoms with Crippen molar-refractivity contribution in [3.05, 3.63) is 29.8 Å². The fraction of sp³-hybridized carbons (Fsp3) is 0.385. The highest BCUT2D eigenvalue weighted by molar-refractivity contribution is 5.93. The van der Waals surface area contributed by atoms with Gasteiger partial charge in [-0.2, -0.15) is 0 Å². The van der Waals surface area contributed by atoms with Gasteiger partial charge < -0.3 is 15.0 Å². The van der Waals surface area contributed by atoms with E-state index in [2.05, 4.69) is 10.1 Å². The quantitative estimate of drug-likeness (QED) is 0.815. The molecule has 2 rings (SSSR count). The van der Waals surface area contributed by atoms with Crippen molar-refractivity contribution in [1.29, 1.82) is 0 Å². The van der Waals surface area contributed by atoms with Gasteiger partial charge in [0.05, 0.1) is 12.7 Å². The molecule has 0 aliphatic carbocycles. The maximum absolute atomic E-state index is 11.9. The summed E-state index contributed by atoms with van der Waals surface area (Å²) in [5.74, 6) is -0.410. The van der Waals surface area contributed by atoms with E-state index < -0.39 is 5.97 Å². The average Bonchev–Trinajstić information content (AvgIpc) is 2.92. The van der Waals surface area contributed by atoms with E-state index in [1.807, 2.05) is 0 Å². The first kappa shape index (κ1) is 12.4. The number of anilines is 1. The highest BCUT2D eigenvalue weighted by atomic mass is 16.5. The number of ether oxygens (including phenoxy) is 1. The van der Waals surface area contributed by atoms with Gasteiger partial charge in [-0.05, 0) is 31.0 Å². The second kappa shape index (κ2) is 5.53. The number of nitrogens with one attached hydrogen (secondary N) is 1. The SMILES string of the molecule is COC(=O)c1cccc(NC(=O)N2CCCC2)c1. The fourth-order valence-corrected chi connectivity index (χ4v) is 1.96. The fourth-order valence-electron chi connectivity index (χ4n) is 1.96. The number of urea groups is 1. The standard InChI is InChI=1S/C13H16N2O3/c1-18-12(16)10-5-4-6-11(9-10)14-13(17)15-7-2-3-8-15/h4-6,9H,2-3,7-8H2,1H3,(H,14,17). The van der Waals surface area contributed by atoms with Crippen molar-refractivity contribution in [3.8, 4) is 0 Å². The number of esters is 1. The summed E-state index contributed by atoms with van der Waals surface area (Å²) >= 11 is 0. The second-order valence-corrected chi connectivity index (χ2v) is 4.20.